The molecule has 0 aliphatic carbocycles. The van der Waals surface area contributed by atoms with Gasteiger partial charge in [-0.1, -0.05) is 12.1 Å². The summed E-state index contributed by atoms with van der Waals surface area (Å²) in [6, 6.07) is 14.3. The Morgan fingerprint density at radius 1 is 1.13 bits per heavy atom. The second-order valence-corrected chi connectivity index (χ2v) is 7.52. The van der Waals surface area contributed by atoms with Crippen LogP contribution in [0, 0.1) is 10.1 Å². The van der Waals surface area contributed by atoms with Crippen LogP contribution in [0.1, 0.15) is 5.56 Å². The van der Waals surface area contributed by atoms with Gasteiger partial charge >= 0.3 is 0 Å². The van der Waals surface area contributed by atoms with Crippen molar-refractivity contribution in [2.45, 2.75) is 6.54 Å². The molecular formula is C20H15N7O2S. The number of anilines is 3. The van der Waals surface area contributed by atoms with Gasteiger partial charge in [-0.3, -0.25) is 15.2 Å². The van der Waals surface area contributed by atoms with Crippen molar-refractivity contribution in [3.05, 3.63) is 75.8 Å². The highest BCUT2D eigenvalue weighted by atomic mass is 32.1. The first-order valence-electron chi connectivity index (χ1n) is 9.08. The molecule has 0 saturated carbocycles. The smallest absolute Gasteiger partial charge is 0.269 e. The van der Waals surface area contributed by atoms with Crippen LogP contribution in [0.3, 0.4) is 0 Å². The van der Waals surface area contributed by atoms with Crippen LogP contribution in [0.25, 0.3) is 21.1 Å². The van der Waals surface area contributed by atoms with Crippen LogP contribution in [0.2, 0.25) is 0 Å². The molecule has 0 radical (unpaired) electrons. The van der Waals surface area contributed by atoms with Crippen molar-refractivity contribution >= 4 is 55.6 Å². The first-order chi connectivity index (χ1) is 14.7. The minimum Gasteiger partial charge on any atom is -0.350 e. The first-order valence-corrected chi connectivity index (χ1v) is 9.96. The monoisotopic (exact) mass is 417 g/mol. The highest BCUT2D eigenvalue weighted by molar-refractivity contribution is 7.17. The molecule has 10 heteroatoms. The number of nitrogens with one attached hydrogen (secondary N) is 3. The Balaban J connectivity index is 1.42. The molecule has 5 rings (SSSR count). The summed E-state index contributed by atoms with van der Waals surface area (Å²) in [5.41, 5.74) is 3.51. The number of thiophene rings is 1. The van der Waals surface area contributed by atoms with E-state index in [1.807, 2.05) is 35.7 Å². The summed E-state index contributed by atoms with van der Waals surface area (Å²) in [6.07, 6.45) is 1.77. The zero-order chi connectivity index (χ0) is 20.5. The SMILES string of the molecule is O=[N+]([O-])c1cccc(CNc2nc(Nc3ccc4[nH]ncc4c3)c3sccc3n2)c1. The quantitative estimate of drug-likeness (QED) is 0.267. The average molecular weight is 417 g/mol. The Labute approximate surface area is 174 Å². The van der Waals surface area contributed by atoms with E-state index in [2.05, 4.69) is 30.8 Å². The molecule has 0 aliphatic heterocycles. The lowest BCUT2D eigenvalue weighted by Crippen LogP contribution is -2.05. The molecule has 2 aromatic carbocycles. The molecule has 0 unspecified atom stereocenters. The zero-order valence-corrected chi connectivity index (χ0v) is 16.3. The number of rotatable bonds is 6. The maximum absolute atomic E-state index is 11.0. The van der Waals surface area contributed by atoms with Crippen molar-refractivity contribution in [3.63, 3.8) is 0 Å². The molecule has 0 amide bonds. The van der Waals surface area contributed by atoms with Gasteiger partial charge in [-0.05, 0) is 35.2 Å². The van der Waals surface area contributed by atoms with Crippen LogP contribution in [0.4, 0.5) is 23.1 Å². The van der Waals surface area contributed by atoms with Crippen molar-refractivity contribution < 1.29 is 4.92 Å². The molecule has 9 nitrogen and oxygen atoms in total. The fourth-order valence-corrected chi connectivity index (χ4v) is 3.92. The van der Waals surface area contributed by atoms with Crippen molar-refractivity contribution in [2.24, 2.45) is 0 Å². The standard InChI is InChI=1S/C20H15N7O2S/c28-27(29)15-3-1-2-12(8-15)10-21-20-24-17-6-7-30-18(17)19(25-20)23-14-4-5-16-13(9-14)11-22-26-16/h1-9,11H,10H2,(H,22,26)(H2,21,23,24,25). The number of nitro benzene ring substituents is 1. The van der Waals surface area contributed by atoms with Crippen LogP contribution in [-0.2, 0) is 6.54 Å². The maximum Gasteiger partial charge on any atom is 0.269 e. The summed E-state index contributed by atoms with van der Waals surface area (Å²) in [7, 11) is 0. The van der Waals surface area contributed by atoms with Gasteiger partial charge in [0.05, 0.1) is 26.9 Å². The van der Waals surface area contributed by atoms with Gasteiger partial charge in [-0.2, -0.15) is 10.1 Å². The van der Waals surface area contributed by atoms with E-state index in [0.717, 1.165) is 32.4 Å². The number of non-ortho nitro benzene ring substituents is 1. The number of hydrogen-bond acceptors (Lipinski definition) is 8. The Morgan fingerprint density at radius 3 is 2.97 bits per heavy atom. The fourth-order valence-electron chi connectivity index (χ4n) is 3.15. The van der Waals surface area contributed by atoms with E-state index in [1.54, 1.807) is 23.6 Å². The maximum atomic E-state index is 11.0. The van der Waals surface area contributed by atoms with Crippen molar-refractivity contribution in [1.29, 1.82) is 0 Å². The summed E-state index contributed by atoms with van der Waals surface area (Å²) in [5.74, 6) is 1.14. The van der Waals surface area contributed by atoms with Crippen molar-refractivity contribution in [2.75, 3.05) is 10.6 Å². The number of aromatic nitrogens is 4. The lowest BCUT2D eigenvalue weighted by molar-refractivity contribution is -0.384. The van der Waals surface area contributed by atoms with Gasteiger partial charge in [-0.15, -0.1) is 11.3 Å². The average Bonchev–Trinajstić information content (AvgIpc) is 3.41. The molecule has 0 bridgehead atoms. The zero-order valence-electron chi connectivity index (χ0n) is 15.5. The second kappa shape index (κ2) is 7.41. The van der Waals surface area contributed by atoms with E-state index in [9.17, 15) is 10.1 Å². The van der Waals surface area contributed by atoms with Crippen LogP contribution >= 0.6 is 11.3 Å². The number of aromatic amines is 1. The fraction of sp³-hybridized carbons (Fsp3) is 0.0500. The van der Waals surface area contributed by atoms with Gasteiger partial charge in [0.2, 0.25) is 5.95 Å². The number of hydrogen-bond donors (Lipinski definition) is 3. The molecule has 0 saturated heterocycles. The number of nitro groups is 1. The minimum absolute atomic E-state index is 0.0560. The third kappa shape index (κ3) is 3.51. The van der Waals surface area contributed by atoms with Crippen LogP contribution < -0.4 is 10.6 Å². The molecule has 3 aromatic heterocycles. The largest absolute Gasteiger partial charge is 0.350 e. The number of H-pyrrole nitrogens is 1. The van der Waals surface area contributed by atoms with Crippen molar-refractivity contribution in [1.82, 2.24) is 20.2 Å². The normalized spacial score (nSPS) is 11.1. The van der Waals surface area contributed by atoms with Gasteiger partial charge in [0, 0.05) is 29.8 Å². The topological polar surface area (TPSA) is 122 Å². The summed E-state index contributed by atoms with van der Waals surface area (Å²) in [4.78, 5) is 19.7. The lowest BCUT2D eigenvalue weighted by atomic mass is 10.2. The Hall–Kier alpha value is -4.05. The summed E-state index contributed by atoms with van der Waals surface area (Å²) in [5, 5.41) is 27.5. The second-order valence-electron chi connectivity index (χ2n) is 6.61. The molecule has 0 spiro atoms. The lowest BCUT2D eigenvalue weighted by Gasteiger charge is -2.10. The molecule has 3 heterocycles. The summed E-state index contributed by atoms with van der Waals surface area (Å²) < 4.78 is 0.947. The van der Waals surface area contributed by atoms with Gasteiger partial charge in [0.15, 0.2) is 5.82 Å². The Bertz CT molecular complexity index is 1380. The van der Waals surface area contributed by atoms with Gasteiger partial charge in [-0.25, -0.2) is 4.98 Å². The van der Waals surface area contributed by atoms with E-state index in [0.29, 0.717) is 18.3 Å². The van der Waals surface area contributed by atoms with E-state index in [-0.39, 0.29) is 5.69 Å². The van der Waals surface area contributed by atoms with E-state index in [4.69, 9.17) is 0 Å². The molecule has 148 valence electrons. The molecular weight excluding hydrogens is 402 g/mol. The molecule has 0 atom stereocenters. The third-order valence-electron chi connectivity index (χ3n) is 4.58. The van der Waals surface area contributed by atoms with Crippen molar-refractivity contribution in [3.8, 4) is 0 Å². The molecule has 0 aliphatic rings. The van der Waals surface area contributed by atoms with Crippen LogP contribution in [-0.4, -0.2) is 25.1 Å². The van der Waals surface area contributed by atoms with Gasteiger partial charge in [0.1, 0.15) is 0 Å². The summed E-state index contributed by atoms with van der Waals surface area (Å²) >= 11 is 1.56. The highest BCUT2D eigenvalue weighted by Crippen LogP contribution is 2.30. The molecule has 0 fully saturated rings. The van der Waals surface area contributed by atoms with Gasteiger partial charge in [0.25, 0.3) is 5.69 Å². The summed E-state index contributed by atoms with van der Waals surface area (Å²) in [6.45, 7) is 0.373. The van der Waals surface area contributed by atoms with E-state index < -0.39 is 4.92 Å². The minimum atomic E-state index is -0.406. The number of nitrogens with zero attached hydrogens (tertiary/aromatic N) is 4. The Kier molecular flexibility index (Phi) is 4.45. The Morgan fingerprint density at radius 2 is 2.07 bits per heavy atom. The highest BCUT2D eigenvalue weighted by Gasteiger charge is 2.11. The number of fused-ring (bicyclic) bond motifs is 2. The molecule has 5 aromatic rings. The van der Waals surface area contributed by atoms with Gasteiger partial charge < -0.3 is 10.6 Å². The van der Waals surface area contributed by atoms with E-state index >= 15 is 0 Å². The first kappa shape index (κ1) is 18.0. The van der Waals surface area contributed by atoms with Crippen LogP contribution in [0.15, 0.2) is 60.1 Å². The molecule has 3 N–H and O–H groups in total. The molecule has 30 heavy (non-hydrogen) atoms. The van der Waals surface area contributed by atoms with Crippen LogP contribution in [0.5, 0.6) is 0 Å². The predicted molar refractivity (Wildman–Crippen MR) is 117 cm³/mol. The third-order valence-corrected chi connectivity index (χ3v) is 5.49. The number of benzene rings is 2. The predicted octanol–water partition coefficient (Wildman–Crippen LogP) is 4.83. The van der Waals surface area contributed by atoms with E-state index in [1.165, 1.54) is 12.1 Å².